The Kier molecular flexibility index (Phi) is 4.96. The van der Waals surface area contributed by atoms with Crippen molar-refractivity contribution in [1.29, 1.82) is 0 Å². The van der Waals surface area contributed by atoms with E-state index < -0.39 is 11.7 Å². The lowest BCUT2D eigenvalue weighted by Crippen LogP contribution is -2.20. The topological polar surface area (TPSA) is 37.0 Å². The van der Waals surface area contributed by atoms with Crippen LogP contribution in [-0.4, -0.2) is 18.1 Å². The van der Waals surface area contributed by atoms with Crippen molar-refractivity contribution in [3.63, 3.8) is 0 Å². The Morgan fingerprint density at radius 3 is 2.32 bits per heavy atom. The van der Waals surface area contributed by atoms with E-state index >= 15 is 0 Å². The summed E-state index contributed by atoms with van der Waals surface area (Å²) in [5.74, 6) is 0.677. The third-order valence-corrected chi connectivity index (χ3v) is 4.62. The molecule has 0 aliphatic carbocycles. The van der Waals surface area contributed by atoms with Crippen LogP contribution in [0.3, 0.4) is 0 Å². The van der Waals surface area contributed by atoms with Crippen LogP contribution in [0.25, 0.3) is 21.8 Å². The first-order chi connectivity index (χ1) is 13.5. The summed E-state index contributed by atoms with van der Waals surface area (Å²) in [6.07, 6.45) is -4.35. The second-order valence-electron chi connectivity index (χ2n) is 6.60. The molecular formula is C22H19F3N2O. The van der Waals surface area contributed by atoms with Gasteiger partial charge in [0.25, 0.3) is 0 Å². The number of halogens is 3. The highest BCUT2D eigenvalue weighted by molar-refractivity contribution is 6.07. The van der Waals surface area contributed by atoms with Crippen LogP contribution in [-0.2, 0) is 12.7 Å². The summed E-state index contributed by atoms with van der Waals surface area (Å²) in [5, 5.41) is 4.95. The van der Waals surface area contributed by atoms with E-state index in [9.17, 15) is 13.2 Å². The number of ether oxygens (including phenoxy) is 1. The molecule has 0 amide bonds. The second kappa shape index (κ2) is 7.56. The van der Waals surface area contributed by atoms with Gasteiger partial charge in [0.15, 0.2) is 0 Å². The molecule has 0 aliphatic rings. The summed E-state index contributed by atoms with van der Waals surface area (Å²) in [6, 6.07) is 19.4. The average molecular weight is 384 g/mol. The van der Waals surface area contributed by atoms with Gasteiger partial charge in [-0.15, -0.1) is 0 Å². The Hall–Kier alpha value is -2.99. The minimum Gasteiger partial charge on any atom is -0.492 e. The minimum atomic E-state index is -4.35. The average Bonchev–Trinajstić information content (AvgIpc) is 3.05. The summed E-state index contributed by atoms with van der Waals surface area (Å²) in [4.78, 5) is 3.06. The first-order valence-electron chi connectivity index (χ1n) is 9.01. The third kappa shape index (κ3) is 3.97. The molecule has 6 heteroatoms. The Morgan fingerprint density at radius 1 is 0.857 bits per heavy atom. The predicted octanol–water partition coefficient (Wildman–Crippen LogP) is 5.51. The van der Waals surface area contributed by atoms with Crippen LogP contribution < -0.4 is 10.1 Å². The van der Waals surface area contributed by atoms with Crippen molar-refractivity contribution in [1.82, 2.24) is 10.3 Å². The van der Waals surface area contributed by atoms with E-state index in [0.29, 0.717) is 24.4 Å². The molecule has 2 N–H and O–H groups in total. The molecule has 1 aromatic heterocycles. The van der Waals surface area contributed by atoms with Gasteiger partial charge in [-0.2, -0.15) is 13.2 Å². The van der Waals surface area contributed by atoms with Gasteiger partial charge in [-0.3, -0.25) is 0 Å². The highest BCUT2D eigenvalue weighted by atomic mass is 19.4. The Labute approximate surface area is 160 Å². The third-order valence-electron chi connectivity index (χ3n) is 4.62. The van der Waals surface area contributed by atoms with Crippen molar-refractivity contribution in [2.45, 2.75) is 12.7 Å². The Balaban J connectivity index is 1.42. The zero-order chi connectivity index (χ0) is 19.6. The van der Waals surface area contributed by atoms with Crippen molar-refractivity contribution < 1.29 is 17.9 Å². The normalized spacial score (nSPS) is 12.0. The van der Waals surface area contributed by atoms with Crippen LogP contribution >= 0.6 is 0 Å². The molecule has 0 fully saturated rings. The number of hydrogen-bond acceptors (Lipinski definition) is 2. The number of aromatic amines is 1. The summed E-state index contributed by atoms with van der Waals surface area (Å²) in [5.41, 5.74) is 1.77. The zero-order valence-electron chi connectivity index (χ0n) is 15.0. The molecule has 0 saturated carbocycles. The standard InChI is InChI=1S/C22H19F3N2O/c23-22(24,25)16-6-8-18-19-9-7-17(13-21(19)27-20(18)12-16)28-11-10-26-14-15-4-2-1-3-5-15/h1-9,12-13,26-27H,10-11,14H2. The van der Waals surface area contributed by atoms with Crippen molar-refractivity contribution in [3.8, 4) is 5.75 Å². The molecule has 0 spiro atoms. The van der Waals surface area contributed by atoms with Gasteiger partial charge in [0.1, 0.15) is 12.4 Å². The van der Waals surface area contributed by atoms with Gasteiger partial charge in [0, 0.05) is 35.4 Å². The molecule has 3 nitrogen and oxygen atoms in total. The van der Waals surface area contributed by atoms with E-state index in [1.807, 2.05) is 36.4 Å². The number of fused-ring (bicyclic) bond motifs is 3. The molecule has 0 atom stereocenters. The summed E-state index contributed by atoms with van der Waals surface area (Å²) in [6.45, 7) is 1.96. The Morgan fingerprint density at radius 2 is 1.57 bits per heavy atom. The van der Waals surface area contributed by atoms with Gasteiger partial charge in [-0.05, 0) is 29.8 Å². The van der Waals surface area contributed by atoms with Crippen LogP contribution in [0.5, 0.6) is 5.75 Å². The van der Waals surface area contributed by atoms with E-state index in [4.69, 9.17) is 4.74 Å². The number of alkyl halides is 3. The SMILES string of the molecule is FC(F)(F)c1ccc2c(c1)[nH]c1cc(OCCNCc3ccccc3)ccc12. The number of hydrogen-bond donors (Lipinski definition) is 2. The lowest BCUT2D eigenvalue weighted by Gasteiger charge is -2.08. The number of rotatable bonds is 6. The van der Waals surface area contributed by atoms with Crippen LogP contribution in [0.4, 0.5) is 13.2 Å². The van der Waals surface area contributed by atoms with Crippen LogP contribution in [0.2, 0.25) is 0 Å². The number of nitrogens with one attached hydrogen (secondary N) is 2. The highest BCUT2D eigenvalue weighted by Crippen LogP contribution is 2.34. The second-order valence-corrected chi connectivity index (χ2v) is 6.60. The number of benzene rings is 3. The predicted molar refractivity (Wildman–Crippen MR) is 104 cm³/mol. The maximum Gasteiger partial charge on any atom is 0.416 e. The Bertz CT molecular complexity index is 1090. The fourth-order valence-corrected chi connectivity index (χ4v) is 3.23. The molecule has 28 heavy (non-hydrogen) atoms. The largest absolute Gasteiger partial charge is 0.492 e. The summed E-state index contributed by atoms with van der Waals surface area (Å²) >= 11 is 0. The molecule has 0 radical (unpaired) electrons. The van der Waals surface area contributed by atoms with Crippen molar-refractivity contribution in [3.05, 3.63) is 77.9 Å². The van der Waals surface area contributed by atoms with E-state index in [1.165, 1.54) is 11.6 Å². The van der Waals surface area contributed by atoms with Crippen molar-refractivity contribution in [2.75, 3.05) is 13.2 Å². The van der Waals surface area contributed by atoms with Crippen molar-refractivity contribution >= 4 is 21.8 Å². The fourth-order valence-electron chi connectivity index (χ4n) is 3.23. The number of aromatic nitrogens is 1. The monoisotopic (exact) mass is 384 g/mol. The first kappa shape index (κ1) is 18.4. The van der Waals surface area contributed by atoms with Crippen LogP contribution in [0.1, 0.15) is 11.1 Å². The van der Waals surface area contributed by atoms with Crippen molar-refractivity contribution in [2.24, 2.45) is 0 Å². The van der Waals surface area contributed by atoms with Gasteiger partial charge in [0.2, 0.25) is 0 Å². The molecule has 0 unspecified atom stereocenters. The lowest BCUT2D eigenvalue weighted by molar-refractivity contribution is -0.137. The summed E-state index contributed by atoms with van der Waals surface area (Å²) in [7, 11) is 0. The summed E-state index contributed by atoms with van der Waals surface area (Å²) < 4.78 is 44.5. The molecule has 0 bridgehead atoms. The number of H-pyrrole nitrogens is 1. The van der Waals surface area contributed by atoms with Crippen LogP contribution in [0.15, 0.2) is 66.7 Å². The van der Waals surface area contributed by atoms with E-state index in [1.54, 1.807) is 0 Å². The zero-order valence-corrected chi connectivity index (χ0v) is 15.0. The molecule has 144 valence electrons. The molecule has 0 saturated heterocycles. The smallest absolute Gasteiger partial charge is 0.416 e. The van der Waals surface area contributed by atoms with Gasteiger partial charge in [-0.1, -0.05) is 36.4 Å². The van der Waals surface area contributed by atoms with Gasteiger partial charge in [-0.25, -0.2) is 0 Å². The highest BCUT2D eigenvalue weighted by Gasteiger charge is 2.30. The van der Waals surface area contributed by atoms with E-state index in [-0.39, 0.29) is 0 Å². The molecule has 1 heterocycles. The maximum absolute atomic E-state index is 12.9. The lowest BCUT2D eigenvalue weighted by atomic mass is 10.1. The van der Waals surface area contributed by atoms with E-state index in [2.05, 4.69) is 22.4 Å². The van der Waals surface area contributed by atoms with Crippen LogP contribution in [0, 0.1) is 0 Å². The minimum absolute atomic E-state index is 0.464. The van der Waals surface area contributed by atoms with Gasteiger partial charge in [0.05, 0.1) is 11.1 Å². The molecular weight excluding hydrogens is 365 g/mol. The first-order valence-corrected chi connectivity index (χ1v) is 9.01. The van der Waals surface area contributed by atoms with Gasteiger partial charge < -0.3 is 15.0 Å². The molecule has 0 aliphatic heterocycles. The quantitative estimate of drug-likeness (QED) is 0.430. The molecule has 3 aromatic carbocycles. The van der Waals surface area contributed by atoms with E-state index in [0.717, 1.165) is 35.0 Å². The van der Waals surface area contributed by atoms with Gasteiger partial charge >= 0.3 is 6.18 Å². The maximum atomic E-state index is 12.9. The molecule has 4 rings (SSSR count). The molecule has 4 aromatic rings. The fraction of sp³-hybridized carbons (Fsp3) is 0.182.